The van der Waals surface area contributed by atoms with Crippen molar-refractivity contribution >= 4 is 27.3 Å². The number of benzene rings is 1. The van der Waals surface area contributed by atoms with E-state index >= 15 is 0 Å². The molecule has 0 radical (unpaired) electrons. The number of amides is 1. The number of sulfonamides is 1. The first-order valence-electron chi connectivity index (χ1n) is 10.5. The van der Waals surface area contributed by atoms with Crippen LogP contribution >= 0.6 is 0 Å². The van der Waals surface area contributed by atoms with Crippen LogP contribution in [0.1, 0.15) is 41.7 Å². The zero-order valence-electron chi connectivity index (χ0n) is 17.7. The molecule has 1 N–H and O–H groups in total. The summed E-state index contributed by atoms with van der Waals surface area (Å²) in [6.45, 7) is 2.25. The fraction of sp³-hybridized carbons (Fsp3) is 0.476. The summed E-state index contributed by atoms with van der Waals surface area (Å²) in [6.07, 6.45) is 0.220. The van der Waals surface area contributed by atoms with Crippen LogP contribution in [0, 0.1) is 0 Å². The van der Waals surface area contributed by atoms with E-state index in [9.17, 15) is 26.4 Å². The average molecular weight is 471 g/mol. The first kappa shape index (κ1) is 22.7. The van der Waals surface area contributed by atoms with Crippen molar-refractivity contribution in [2.24, 2.45) is 7.05 Å². The Bertz CT molecular complexity index is 1120. The summed E-state index contributed by atoms with van der Waals surface area (Å²) in [5.41, 5.74) is -0.243. The van der Waals surface area contributed by atoms with Crippen molar-refractivity contribution < 1.29 is 26.4 Å². The predicted octanol–water partition coefficient (Wildman–Crippen LogP) is 3.68. The standard InChI is InChI=1S/C21H25F3N4O3S/c1-26-14-16(32(30,31)28-10-4-5-11-28)13-19(26)20(29)25-17-12-15(21(22,23)24)6-7-18(17)27-8-2-3-9-27/h6-7,12-14H,2-5,8-11H2,1H3,(H,25,29). The Kier molecular flexibility index (Phi) is 5.97. The molecule has 32 heavy (non-hydrogen) atoms. The third kappa shape index (κ3) is 4.36. The largest absolute Gasteiger partial charge is 0.416 e. The molecule has 1 amide bonds. The number of alkyl halides is 3. The summed E-state index contributed by atoms with van der Waals surface area (Å²) in [7, 11) is -2.19. The monoisotopic (exact) mass is 470 g/mol. The smallest absolute Gasteiger partial charge is 0.370 e. The second kappa shape index (κ2) is 8.43. The van der Waals surface area contributed by atoms with E-state index in [1.54, 1.807) is 0 Å². The van der Waals surface area contributed by atoms with Crippen LogP contribution in [-0.2, 0) is 23.2 Å². The average Bonchev–Trinajstić information content (AvgIpc) is 3.49. The maximum absolute atomic E-state index is 13.3. The lowest BCUT2D eigenvalue weighted by Gasteiger charge is -2.23. The molecule has 3 heterocycles. The fourth-order valence-electron chi connectivity index (χ4n) is 4.21. The molecule has 11 heteroatoms. The molecule has 4 rings (SSSR count). The van der Waals surface area contributed by atoms with E-state index in [4.69, 9.17) is 0 Å². The molecule has 2 fully saturated rings. The summed E-state index contributed by atoms with van der Waals surface area (Å²) in [5, 5.41) is 2.58. The number of hydrogen-bond acceptors (Lipinski definition) is 4. The van der Waals surface area contributed by atoms with Crippen molar-refractivity contribution in [1.82, 2.24) is 8.87 Å². The molecule has 0 unspecified atom stereocenters. The number of nitrogens with one attached hydrogen (secondary N) is 1. The number of rotatable bonds is 5. The SMILES string of the molecule is Cn1cc(S(=O)(=O)N2CCCC2)cc1C(=O)Nc1cc(C(F)(F)F)ccc1N1CCCC1. The van der Waals surface area contributed by atoms with E-state index in [-0.39, 0.29) is 16.3 Å². The van der Waals surface area contributed by atoms with E-state index in [0.29, 0.717) is 31.9 Å². The van der Waals surface area contributed by atoms with Gasteiger partial charge < -0.3 is 14.8 Å². The van der Waals surface area contributed by atoms with E-state index in [1.165, 1.54) is 34.2 Å². The number of aromatic nitrogens is 1. The Hall–Kier alpha value is -2.53. The van der Waals surface area contributed by atoms with Gasteiger partial charge in [-0.15, -0.1) is 0 Å². The Morgan fingerprint density at radius 2 is 1.62 bits per heavy atom. The molecule has 1 aromatic heterocycles. The molecular weight excluding hydrogens is 445 g/mol. The van der Waals surface area contributed by atoms with Crippen molar-refractivity contribution in [3.05, 3.63) is 41.7 Å². The summed E-state index contributed by atoms with van der Waals surface area (Å²) in [5.74, 6) is -0.671. The molecule has 7 nitrogen and oxygen atoms in total. The van der Waals surface area contributed by atoms with Crippen LogP contribution in [0.5, 0.6) is 0 Å². The molecule has 0 saturated carbocycles. The van der Waals surface area contributed by atoms with Crippen LogP contribution in [0.3, 0.4) is 0 Å². The third-order valence-electron chi connectivity index (χ3n) is 5.93. The van der Waals surface area contributed by atoms with Crippen molar-refractivity contribution in [2.45, 2.75) is 36.8 Å². The fourth-order valence-corrected chi connectivity index (χ4v) is 5.80. The molecule has 0 aliphatic carbocycles. The first-order valence-corrected chi connectivity index (χ1v) is 12.0. The summed E-state index contributed by atoms with van der Waals surface area (Å²) < 4.78 is 68.2. The second-order valence-electron chi connectivity index (χ2n) is 8.16. The van der Waals surface area contributed by atoms with Crippen LogP contribution in [-0.4, -0.2) is 49.4 Å². The third-order valence-corrected chi connectivity index (χ3v) is 7.80. The molecule has 0 spiro atoms. The molecule has 0 atom stereocenters. The van der Waals surface area contributed by atoms with Crippen molar-refractivity contribution in [1.29, 1.82) is 0 Å². The molecule has 174 valence electrons. The Labute approximate surface area is 184 Å². The van der Waals surface area contributed by atoms with Crippen LogP contribution in [0.25, 0.3) is 0 Å². The minimum atomic E-state index is -4.55. The van der Waals surface area contributed by atoms with Gasteiger partial charge in [-0.2, -0.15) is 17.5 Å². The van der Waals surface area contributed by atoms with Gasteiger partial charge in [0.1, 0.15) is 10.6 Å². The number of nitrogens with zero attached hydrogens (tertiary/aromatic N) is 3. The van der Waals surface area contributed by atoms with Gasteiger partial charge in [0.05, 0.1) is 16.9 Å². The molecule has 1 aromatic carbocycles. The highest BCUT2D eigenvalue weighted by Crippen LogP contribution is 2.37. The van der Waals surface area contributed by atoms with E-state index in [2.05, 4.69) is 5.32 Å². The number of anilines is 2. The summed E-state index contributed by atoms with van der Waals surface area (Å²) in [6, 6.07) is 4.58. The predicted molar refractivity (Wildman–Crippen MR) is 114 cm³/mol. The lowest BCUT2D eigenvalue weighted by molar-refractivity contribution is -0.137. The number of aryl methyl sites for hydroxylation is 1. The molecular formula is C21H25F3N4O3S. The normalized spacial score (nSPS) is 17.8. The van der Waals surface area contributed by atoms with Crippen LogP contribution in [0.4, 0.5) is 24.5 Å². The highest BCUT2D eigenvalue weighted by molar-refractivity contribution is 7.89. The van der Waals surface area contributed by atoms with Crippen LogP contribution < -0.4 is 10.2 Å². The van der Waals surface area contributed by atoms with E-state index < -0.39 is 27.7 Å². The van der Waals surface area contributed by atoms with Gasteiger partial charge in [-0.3, -0.25) is 4.79 Å². The number of halogens is 3. The molecule has 0 bridgehead atoms. The number of carbonyl (C=O) groups is 1. The van der Waals surface area contributed by atoms with Gasteiger partial charge in [-0.1, -0.05) is 0 Å². The lowest BCUT2D eigenvalue weighted by Crippen LogP contribution is -2.27. The Morgan fingerprint density at radius 1 is 1.00 bits per heavy atom. The highest BCUT2D eigenvalue weighted by Gasteiger charge is 2.33. The van der Waals surface area contributed by atoms with Crippen molar-refractivity contribution in [3.63, 3.8) is 0 Å². The lowest BCUT2D eigenvalue weighted by atomic mass is 10.1. The van der Waals surface area contributed by atoms with Gasteiger partial charge >= 0.3 is 6.18 Å². The molecule has 2 aromatic rings. The van der Waals surface area contributed by atoms with Gasteiger partial charge in [0, 0.05) is 39.4 Å². The molecule has 2 aliphatic heterocycles. The van der Waals surface area contributed by atoms with Gasteiger partial charge in [-0.25, -0.2) is 8.42 Å². The van der Waals surface area contributed by atoms with Crippen LogP contribution in [0.2, 0.25) is 0 Å². The first-order chi connectivity index (χ1) is 15.1. The summed E-state index contributed by atoms with van der Waals surface area (Å²) >= 11 is 0. The highest BCUT2D eigenvalue weighted by atomic mass is 32.2. The van der Waals surface area contributed by atoms with Crippen LogP contribution in [0.15, 0.2) is 35.4 Å². The topological polar surface area (TPSA) is 74.6 Å². The number of carbonyl (C=O) groups excluding carboxylic acids is 1. The maximum Gasteiger partial charge on any atom is 0.416 e. The van der Waals surface area contributed by atoms with Gasteiger partial charge in [0.2, 0.25) is 10.0 Å². The second-order valence-corrected chi connectivity index (χ2v) is 10.1. The van der Waals surface area contributed by atoms with Gasteiger partial charge in [-0.05, 0) is 49.9 Å². The summed E-state index contributed by atoms with van der Waals surface area (Å²) in [4.78, 5) is 14.9. The Balaban J connectivity index is 1.64. The quantitative estimate of drug-likeness (QED) is 0.724. The minimum Gasteiger partial charge on any atom is -0.370 e. The zero-order valence-corrected chi connectivity index (χ0v) is 18.5. The van der Waals surface area contributed by atoms with Crippen molar-refractivity contribution in [3.8, 4) is 0 Å². The van der Waals surface area contributed by atoms with Crippen molar-refractivity contribution in [2.75, 3.05) is 36.4 Å². The molecule has 2 aliphatic rings. The maximum atomic E-state index is 13.3. The molecule has 2 saturated heterocycles. The Morgan fingerprint density at radius 3 is 2.25 bits per heavy atom. The van der Waals surface area contributed by atoms with E-state index in [1.807, 2.05) is 4.90 Å². The number of hydrogen-bond donors (Lipinski definition) is 1. The van der Waals surface area contributed by atoms with E-state index in [0.717, 1.165) is 37.8 Å². The minimum absolute atomic E-state index is 0.00383. The van der Waals surface area contributed by atoms with Gasteiger partial charge in [0.25, 0.3) is 5.91 Å². The van der Waals surface area contributed by atoms with Gasteiger partial charge in [0.15, 0.2) is 0 Å². The zero-order chi connectivity index (χ0) is 23.1.